The minimum atomic E-state index is -5.14. The van der Waals surface area contributed by atoms with Gasteiger partial charge in [0.25, 0.3) is 0 Å². The minimum absolute atomic E-state index is 0.0717. The molecule has 1 aliphatic rings. The van der Waals surface area contributed by atoms with Crippen molar-refractivity contribution in [3.8, 4) is 0 Å². The van der Waals surface area contributed by atoms with E-state index in [0.717, 1.165) is 57.8 Å². The van der Waals surface area contributed by atoms with E-state index >= 15 is 0 Å². The van der Waals surface area contributed by atoms with Crippen LogP contribution in [0.4, 0.5) is 0 Å². The summed E-state index contributed by atoms with van der Waals surface area (Å²) in [7, 11) is -5.14. The lowest BCUT2D eigenvalue weighted by Gasteiger charge is -2.41. The molecule has 0 aromatic heterocycles. The van der Waals surface area contributed by atoms with Crippen molar-refractivity contribution in [2.24, 2.45) is 0 Å². The van der Waals surface area contributed by atoms with Crippen LogP contribution in [0.1, 0.15) is 194 Å². The second-order valence-corrected chi connectivity index (χ2v) is 18.4. The maximum absolute atomic E-state index is 12.8. The Kier molecular flexibility index (Phi) is 36.4. The summed E-state index contributed by atoms with van der Waals surface area (Å²) in [4.78, 5) is 35.6. The van der Waals surface area contributed by atoms with Gasteiger partial charge >= 0.3 is 19.8 Å². The van der Waals surface area contributed by atoms with Crippen LogP contribution in [0.15, 0.2) is 48.6 Å². The van der Waals surface area contributed by atoms with Crippen LogP contribution in [0.5, 0.6) is 0 Å². The molecule has 14 heteroatoms. The van der Waals surface area contributed by atoms with Gasteiger partial charge in [-0.25, -0.2) is 9.36 Å². The first kappa shape index (κ1) is 58.8. The Balaban J connectivity index is 2.47. The van der Waals surface area contributed by atoms with Crippen molar-refractivity contribution in [3.63, 3.8) is 0 Å². The molecule has 0 aromatic carbocycles. The Morgan fingerprint density at radius 1 is 0.540 bits per heavy atom. The van der Waals surface area contributed by atoms with Crippen LogP contribution in [0.25, 0.3) is 0 Å². The summed E-state index contributed by atoms with van der Waals surface area (Å²) in [5.41, 5.74) is 0. The molecule has 6 N–H and O–H groups in total. The van der Waals surface area contributed by atoms with Gasteiger partial charge in [-0.15, -0.1) is 0 Å². The molecule has 366 valence electrons. The highest BCUT2D eigenvalue weighted by molar-refractivity contribution is 7.47. The molecule has 8 atom stereocenters. The van der Waals surface area contributed by atoms with Gasteiger partial charge in [0.15, 0.2) is 6.10 Å². The third-order valence-electron chi connectivity index (χ3n) is 11.2. The lowest BCUT2D eigenvalue weighted by molar-refractivity contribution is -0.220. The van der Waals surface area contributed by atoms with Crippen molar-refractivity contribution in [3.05, 3.63) is 48.6 Å². The maximum atomic E-state index is 12.8. The molecular formula is C49H87O13P. The van der Waals surface area contributed by atoms with Gasteiger partial charge in [0.2, 0.25) is 0 Å². The number of hydrogen-bond acceptors (Lipinski definition) is 12. The SMILES string of the molecule is CCCCC/C=C/C/C=C/CCCCCCCCCCCC(=O)O[C@H](COC(=O)/C=C/C=C/CCCCCCCCCCCCC)COP(=O)(O)OC1C(O)C(O)C(O)[C@@H](O)C1O. The van der Waals surface area contributed by atoms with Gasteiger partial charge in [0.05, 0.1) is 6.61 Å². The van der Waals surface area contributed by atoms with E-state index in [2.05, 4.69) is 38.2 Å². The number of esters is 2. The number of carbonyl (C=O) groups is 2. The third kappa shape index (κ3) is 31.4. The lowest BCUT2D eigenvalue weighted by Crippen LogP contribution is -2.64. The molecule has 1 fully saturated rings. The van der Waals surface area contributed by atoms with Crippen molar-refractivity contribution in [2.75, 3.05) is 13.2 Å². The fourth-order valence-corrected chi connectivity index (χ4v) is 8.26. The van der Waals surface area contributed by atoms with E-state index in [1.165, 1.54) is 115 Å². The highest BCUT2D eigenvalue weighted by atomic mass is 31.2. The van der Waals surface area contributed by atoms with Crippen LogP contribution in [0.3, 0.4) is 0 Å². The molecule has 0 spiro atoms. The van der Waals surface area contributed by atoms with Crippen LogP contribution >= 0.6 is 7.82 Å². The zero-order chi connectivity index (χ0) is 46.4. The molecule has 0 aromatic rings. The molecule has 0 bridgehead atoms. The number of hydrogen-bond donors (Lipinski definition) is 6. The molecule has 1 rings (SSSR count). The summed E-state index contributed by atoms with van der Waals surface area (Å²) in [6, 6.07) is 0. The summed E-state index contributed by atoms with van der Waals surface area (Å²) in [6.07, 6.45) is 33.6. The Labute approximate surface area is 380 Å². The lowest BCUT2D eigenvalue weighted by atomic mass is 9.85. The normalized spacial score (nSPS) is 22.1. The molecule has 0 saturated heterocycles. The van der Waals surface area contributed by atoms with Crippen LogP contribution < -0.4 is 0 Å². The minimum Gasteiger partial charge on any atom is -0.458 e. The van der Waals surface area contributed by atoms with Gasteiger partial charge < -0.3 is 39.9 Å². The summed E-state index contributed by atoms with van der Waals surface area (Å²) < 4.78 is 33.4. The highest BCUT2D eigenvalue weighted by Crippen LogP contribution is 2.47. The first-order valence-corrected chi connectivity index (χ1v) is 26.0. The van der Waals surface area contributed by atoms with Gasteiger partial charge in [0.1, 0.15) is 43.2 Å². The Morgan fingerprint density at radius 2 is 0.968 bits per heavy atom. The molecule has 1 aliphatic carbocycles. The number of phosphoric ester groups is 1. The molecule has 0 heterocycles. The van der Waals surface area contributed by atoms with Gasteiger partial charge in [-0.05, 0) is 51.4 Å². The maximum Gasteiger partial charge on any atom is 0.472 e. The Morgan fingerprint density at radius 3 is 1.49 bits per heavy atom. The molecule has 6 unspecified atom stereocenters. The average molecular weight is 915 g/mol. The Bertz CT molecular complexity index is 1290. The fraction of sp³-hybridized carbons (Fsp3) is 0.796. The topological polar surface area (TPSA) is 210 Å². The molecular weight excluding hydrogens is 828 g/mol. The second-order valence-electron chi connectivity index (χ2n) is 17.0. The largest absolute Gasteiger partial charge is 0.472 e. The summed E-state index contributed by atoms with van der Waals surface area (Å²) in [6.45, 7) is 3.17. The molecule has 1 saturated carbocycles. The molecule has 63 heavy (non-hydrogen) atoms. The fourth-order valence-electron chi connectivity index (χ4n) is 7.29. The van der Waals surface area contributed by atoms with Crippen molar-refractivity contribution in [1.82, 2.24) is 0 Å². The zero-order valence-corrected chi connectivity index (χ0v) is 39.8. The van der Waals surface area contributed by atoms with E-state index in [9.17, 15) is 44.6 Å². The summed E-state index contributed by atoms with van der Waals surface area (Å²) in [5, 5.41) is 50.2. The third-order valence-corrected chi connectivity index (χ3v) is 12.2. The standard InChI is InChI=1S/C49H87O13P/c1-3-5-7-9-11-13-15-17-19-20-21-22-24-26-28-30-32-34-36-38-43(51)61-41(40-60-63(57,58)62-49-47(55)45(53)44(52)46(54)48(49)56)39-59-42(50)37-35-33-31-29-27-25-23-18-16-14-12-10-8-6-4-2/h11,13,17,19,31,33,35,37,41,44-49,52-56H,3-10,12,14-16,18,20-30,32,34,36,38-40H2,1-2H3,(H,57,58)/b13-11+,19-17+,33-31+,37-35+/t41-,44?,45-,46?,47?,48?,49?/m1/s1. The average Bonchev–Trinajstić information content (AvgIpc) is 3.26. The zero-order valence-electron chi connectivity index (χ0n) is 38.9. The quantitative estimate of drug-likeness (QED) is 0.00846. The van der Waals surface area contributed by atoms with Crippen LogP contribution in [0, 0.1) is 0 Å². The summed E-state index contributed by atoms with van der Waals surface area (Å²) >= 11 is 0. The first-order valence-electron chi connectivity index (χ1n) is 24.5. The van der Waals surface area contributed by atoms with Gasteiger partial charge in [0, 0.05) is 12.5 Å². The van der Waals surface area contributed by atoms with Gasteiger partial charge in [-0.3, -0.25) is 13.8 Å². The van der Waals surface area contributed by atoms with Gasteiger partial charge in [-0.2, -0.15) is 0 Å². The van der Waals surface area contributed by atoms with Crippen molar-refractivity contribution < 1.29 is 63.1 Å². The smallest absolute Gasteiger partial charge is 0.458 e. The number of phosphoric acid groups is 1. The number of aliphatic hydroxyl groups excluding tert-OH is 5. The number of carbonyl (C=O) groups excluding carboxylic acids is 2. The van der Waals surface area contributed by atoms with E-state index in [0.29, 0.717) is 6.42 Å². The van der Waals surface area contributed by atoms with Crippen LogP contribution in [-0.4, -0.2) is 98.3 Å². The molecule has 0 amide bonds. The number of rotatable bonds is 40. The number of allylic oxidation sites excluding steroid dienone is 7. The van der Waals surface area contributed by atoms with Crippen molar-refractivity contribution >= 4 is 19.8 Å². The van der Waals surface area contributed by atoms with E-state index in [4.69, 9.17) is 18.5 Å². The first-order chi connectivity index (χ1) is 30.4. The van der Waals surface area contributed by atoms with Crippen molar-refractivity contribution in [2.45, 2.75) is 236 Å². The van der Waals surface area contributed by atoms with E-state index < -0.39 is 75.7 Å². The second kappa shape index (κ2) is 39.0. The molecule has 0 aliphatic heterocycles. The number of ether oxygens (including phenoxy) is 2. The highest BCUT2D eigenvalue weighted by Gasteiger charge is 2.51. The van der Waals surface area contributed by atoms with Crippen LogP contribution in [0.2, 0.25) is 0 Å². The molecule has 13 nitrogen and oxygen atoms in total. The predicted molar refractivity (Wildman–Crippen MR) is 249 cm³/mol. The summed E-state index contributed by atoms with van der Waals surface area (Å²) in [5.74, 6) is -1.35. The predicted octanol–water partition coefficient (Wildman–Crippen LogP) is 9.95. The van der Waals surface area contributed by atoms with Crippen LogP contribution in [-0.2, 0) is 32.7 Å². The Hall–Kier alpha value is -2.19. The van der Waals surface area contributed by atoms with Crippen molar-refractivity contribution in [1.29, 1.82) is 0 Å². The monoisotopic (exact) mass is 915 g/mol. The van der Waals surface area contributed by atoms with E-state index in [-0.39, 0.29) is 6.42 Å². The number of aliphatic hydroxyl groups is 5. The number of unbranched alkanes of at least 4 members (excludes halogenated alkanes) is 23. The van der Waals surface area contributed by atoms with E-state index in [1.807, 2.05) is 6.08 Å². The van der Waals surface area contributed by atoms with Gasteiger partial charge in [-0.1, -0.05) is 178 Å². The molecule has 0 radical (unpaired) electrons. The van der Waals surface area contributed by atoms with E-state index in [1.54, 1.807) is 12.2 Å².